The van der Waals surface area contributed by atoms with Crippen LogP contribution in [0.2, 0.25) is 5.02 Å². The van der Waals surface area contributed by atoms with E-state index in [4.69, 9.17) is 16.3 Å². The summed E-state index contributed by atoms with van der Waals surface area (Å²) in [4.78, 5) is 31.9. The fourth-order valence-electron chi connectivity index (χ4n) is 8.01. The van der Waals surface area contributed by atoms with E-state index < -0.39 is 31.4 Å². The van der Waals surface area contributed by atoms with Gasteiger partial charge in [0.1, 0.15) is 17.2 Å². The molecular weight excluding hydrogens is 802 g/mol. The maximum atomic E-state index is 14.0. The van der Waals surface area contributed by atoms with Crippen molar-refractivity contribution < 1.29 is 22.9 Å². The molecule has 1 atom stereocenters. The zero-order valence-electron chi connectivity index (χ0n) is 33.4. The Morgan fingerprint density at radius 1 is 0.850 bits per heavy atom. The second-order valence-electron chi connectivity index (χ2n) is 15.3. The smallest absolute Gasteiger partial charge is 0.295 e. The summed E-state index contributed by atoms with van der Waals surface area (Å²) in [7, 11) is -2.55. The van der Waals surface area contributed by atoms with Crippen LogP contribution in [0.5, 0.6) is 11.5 Å². The third-order valence-corrected chi connectivity index (χ3v) is 13.1. The molecule has 60 heavy (non-hydrogen) atoms. The second kappa shape index (κ2) is 17.4. The number of hydrogen-bond donors (Lipinski definition) is 2. The molecule has 0 bridgehead atoms. The number of carbonyl (C=O) groups excluding carboxylic acids is 1. The molecule has 1 aliphatic carbocycles. The average molecular weight is 848 g/mol. The van der Waals surface area contributed by atoms with Gasteiger partial charge in [-0.1, -0.05) is 72.3 Å². The van der Waals surface area contributed by atoms with E-state index >= 15 is 0 Å². The third-order valence-electron chi connectivity index (χ3n) is 11.5. The number of amides is 1. The Balaban J connectivity index is 1.02. The molecule has 0 saturated carbocycles. The number of nitrogens with zero attached hydrogens (tertiary/aromatic N) is 5. The lowest BCUT2D eigenvalue weighted by atomic mass is 9.94. The molecule has 15 heteroatoms. The van der Waals surface area contributed by atoms with E-state index in [2.05, 4.69) is 50.0 Å². The molecule has 2 N–H and O–H groups in total. The summed E-state index contributed by atoms with van der Waals surface area (Å²) in [5.74, 6) is -0.216. The van der Waals surface area contributed by atoms with Crippen LogP contribution in [0.15, 0.2) is 114 Å². The number of nitro groups is 1. The first-order valence-corrected chi connectivity index (χ1v) is 21.8. The number of carbonyl (C=O) groups is 1. The van der Waals surface area contributed by atoms with E-state index in [9.17, 15) is 23.3 Å². The van der Waals surface area contributed by atoms with Gasteiger partial charge in [0.2, 0.25) is 0 Å². The summed E-state index contributed by atoms with van der Waals surface area (Å²) in [5, 5.41) is 14.7. The standard InChI is InChI=1S/C45H46ClN7O6S/c1-31(37-9-3-4-10-38(37)33-13-15-34(46)16-14-33)50-23-25-51(26-24-50)35-17-19-40(44(29-35)59-43-12-6-8-32-7-5-11-39(32)43)45(54)48-60(57,58)36-18-20-41(42(30-36)53(55)56)47-52-27-21-49(2)22-28-52/h3-6,8-20,29-31,47H,7,21-28H2,1-2H3,(H,48,54). The van der Waals surface area contributed by atoms with Crippen molar-refractivity contribution in [2.75, 3.05) is 69.7 Å². The number of likely N-dealkylation sites (N-methyl/N-ethyl adjacent to an activating group) is 1. The predicted octanol–water partition coefficient (Wildman–Crippen LogP) is 7.85. The number of hydrazine groups is 1. The number of ether oxygens (including phenoxy) is 1. The van der Waals surface area contributed by atoms with Crippen molar-refractivity contribution in [3.8, 4) is 22.6 Å². The van der Waals surface area contributed by atoms with Crippen molar-refractivity contribution in [3.63, 3.8) is 0 Å². The largest absolute Gasteiger partial charge is 0.456 e. The molecule has 3 aliphatic rings. The third kappa shape index (κ3) is 8.88. The van der Waals surface area contributed by atoms with Crippen LogP contribution < -0.4 is 19.8 Å². The van der Waals surface area contributed by atoms with E-state index in [1.807, 2.05) is 72.7 Å². The number of piperazine rings is 2. The molecule has 5 aromatic rings. The Morgan fingerprint density at radius 3 is 2.35 bits per heavy atom. The number of nitrogens with one attached hydrogen (secondary N) is 2. The average Bonchev–Trinajstić information content (AvgIpc) is 3.75. The number of anilines is 2. The summed E-state index contributed by atoms with van der Waals surface area (Å²) in [6.07, 6.45) is 4.76. The van der Waals surface area contributed by atoms with E-state index in [1.54, 1.807) is 18.2 Å². The molecule has 0 radical (unpaired) electrons. The predicted molar refractivity (Wildman–Crippen MR) is 235 cm³/mol. The van der Waals surface area contributed by atoms with Gasteiger partial charge < -0.3 is 20.0 Å². The lowest BCUT2D eigenvalue weighted by molar-refractivity contribution is -0.384. The molecule has 2 fully saturated rings. The van der Waals surface area contributed by atoms with Gasteiger partial charge in [-0.3, -0.25) is 19.8 Å². The van der Waals surface area contributed by atoms with Crippen LogP contribution in [-0.4, -0.2) is 93.5 Å². The van der Waals surface area contributed by atoms with Crippen LogP contribution >= 0.6 is 11.6 Å². The highest BCUT2D eigenvalue weighted by atomic mass is 35.5. The van der Waals surface area contributed by atoms with Gasteiger partial charge in [0.25, 0.3) is 21.6 Å². The van der Waals surface area contributed by atoms with E-state index in [-0.39, 0.29) is 23.0 Å². The number of allylic oxidation sites excluding steroid dienone is 1. The Labute approximate surface area is 355 Å². The van der Waals surface area contributed by atoms with E-state index in [1.165, 1.54) is 17.7 Å². The van der Waals surface area contributed by atoms with Gasteiger partial charge in [0.05, 0.1) is 15.4 Å². The molecule has 1 amide bonds. The highest BCUT2D eigenvalue weighted by Crippen LogP contribution is 2.38. The Bertz CT molecular complexity index is 2550. The van der Waals surface area contributed by atoms with Crippen LogP contribution in [0.25, 0.3) is 17.2 Å². The fraction of sp³-hybridized carbons (Fsp3) is 0.267. The van der Waals surface area contributed by atoms with E-state index in [0.29, 0.717) is 37.0 Å². The molecule has 0 aromatic heterocycles. The van der Waals surface area contributed by atoms with Gasteiger partial charge in [-0.25, -0.2) is 18.1 Å². The maximum Gasteiger partial charge on any atom is 0.295 e. The molecule has 13 nitrogen and oxygen atoms in total. The molecule has 2 heterocycles. The summed E-state index contributed by atoms with van der Waals surface area (Å²) in [5.41, 5.74) is 9.07. The number of nitro benzene ring substituents is 1. The zero-order chi connectivity index (χ0) is 42.0. The number of halogens is 1. The lowest BCUT2D eigenvalue weighted by Gasteiger charge is -2.40. The first kappa shape index (κ1) is 41.0. The summed E-state index contributed by atoms with van der Waals surface area (Å²) in [6.45, 7) is 7.99. The van der Waals surface area contributed by atoms with Crippen molar-refractivity contribution in [1.29, 1.82) is 0 Å². The first-order valence-electron chi connectivity index (χ1n) is 19.9. The minimum atomic E-state index is -4.55. The minimum absolute atomic E-state index is 0.00387. The molecule has 5 aromatic carbocycles. The van der Waals surface area contributed by atoms with Crippen LogP contribution in [0, 0.1) is 10.1 Å². The number of fused-ring (bicyclic) bond motifs is 1. The quantitative estimate of drug-likeness (QED) is 0.0937. The lowest BCUT2D eigenvalue weighted by Crippen LogP contribution is -2.47. The summed E-state index contributed by atoms with van der Waals surface area (Å²) >= 11 is 6.19. The highest BCUT2D eigenvalue weighted by Gasteiger charge is 2.29. The molecule has 0 spiro atoms. The second-order valence-corrected chi connectivity index (χ2v) is 17.4. The van der Waals surface area contributed by atoms with Gasteiger partial charge in [0, 0.05) is 86.8 Å². The van der Waals surface area contributed by atoms with E-state index in [0.717, 1.165) is 66.6 Å². The number of benzene rings is 5. The first-order chi connectivity index (χ1) is 28.9. The van der Waals surface area contributed by atoms with Gasteiger partial charge in [-0.2, -0.15) is 0 Å². The topological polar surface area (TPSA) is 141 Å². The Kier molecular flexibility index (Phi) is 11.9. The molecule has 2 saturated heterocycles. The molecular formula is C45H46ClN7O6S. The van der Waals surface area contributed by atoms with Crippen molar-refractivity contribution in [2.45, 2.75) is 24.3 Å². The van der Waals surface area contributed by atoms with Crippen LogP contribution in [-0.2, 0) is 16.4 Å². The van der Waals surface area contributed by atoms with Crippen molar-refractivity contribution in [2.24, 2.45) is 0 Å². The van der Waals surface area contributed by atoms with Crippen molar-refractivity contribution in [3.05, 3.63) is 147 Å². The Morgan fingerprint density at radius 2 is 1.60 bits per heavy atom. The van der Waals surface area contributed by atoms with Crippen molar-refractivity contribution >= 4 is 50.7 Å². The summed E-state index contributed by atoms with van der Waals surface area (Å²) < 4.78 is 36.1. The van der Waals surface area contributed by atoms with Gasteiger partial charge >= 0.3 is 0 Å². The van der Waals surface area contributed by atoms with Crippen LogP contribution in [0.1, 0.15) is 40.0 Å². The van der Waals surface area contributed by atoms with Gasteiger partial charge in [0.15, 0.2) is 0 Å². The van der Waals surface area contributed by atoms with Crippen molar-refractivity contribution in [1.82, 2.24) is 19.5 Å². The Hall–Kier alpha value is -5.77. The zero-order valence-corrected chi connectivity index (χ0v) is 35.0. The monoisotopic (exact) mass is 847 g/mol. The van der Waals surface area contributed by atoms with Crippen LogP contribution in [0.3, 0.4) is 0 Å². The molecule has 2 aliphatic heterocycles. The molecule has 310 valence electrons. The van der Waals surface area contributed by atoms with Gasteiger partial charge in [-0.15, -0.1) is 0 Å². The number of sulfonamides is 1. The van der Waals surface area contributed by atoms with Gasteiger partial charge in [-0.05, 0) is 85.1 Å². The number of hydrogen-bond acceptors (Lipinski definition) is 11. The molecule has 8 rings (SSSR count). The maximum absolute atomic E-state index is 14.0. The number of rotatable bonds is 12. The molecule has 1 unspecified atom stereocenters. The highest BCUT2D eigenvalue weighted by molar-refractivity contribution is 7.90. The normalized spacial score (nSPS) is 16.6. The SMILES string of the molecule is CC(c1ccccc1-c1ccc(Cl)cc1)N1CCN(c2ccc(C(=O)NS(=O)(=O)c3ccc(NN4CCN(C)CC4)c([N+](=O)[O-])c3)c(Oc3cccc4c3C=CC4)c2)CC1. The summed E-state index contributed by atoms with van der Waals surface area (Å²) in [6, 6.07) is 30.9. The minimum Gasteiger partial charge on any atom is -0.456 e. The van der Waals surface area contributed by atoms with Crippen LogP contribution in [0.4, 0.5) is 17.1 Å². The fourth-order valence-corrected chi connectivity index (χ4v) is 9.13.